The molecular formula is C17H27BrN4. The molecule has 1 N–H and O–H groups in total. The molecule has 5 heteroatoms. The van der Waals surface area contributed by atoms with E-state index >= 15 is 0 Å². The molecule has 0 aromatic carbocycles. The number of piperazine rings is 1. The zero-order valence-electron chi connectivity index (χ0n) is 13.3. The van der Waals surface area contributed by atoms with Crippen molar-refractivity contribution in [3.05, 3.63) is 30.9 Å². The van der Waals surface area contributed by atoms with Crippen LogP contribution in [0.1, 0.15) is 37.4 Å². The van der Waals surface area contributed by atoms with E-state index in [9.17, 15) is 0 Å². The monoisotopic (exact) mass is 366 g/mol. The zero-order valence-corrected chi connectivity index (χ0v) is 14.8. The first-order valence-electron chi connectivity index (χ1n) is 8.48. The molecule has 2 heterocycles. The molecule has 122 valence electrons. The third-order valence-corrected chi connectivity index (χ3v) is 5.96. The molecule has 1 saturated carbocycles. The van der Waals surface area contributed by atoms with Crippen LogP contribution in [0.2, 0.25) is 0 Å². The lowest BCUT2D eigenvalue weighted by atomic mass is 9.92. The average Bonchev–Trinajstić information content (AvgIpc) is 2.99. The molecule has 1 aliphatic heterocycles. The summed E-state index contributed by atoms with van der Waals surface area (Å²) in [5.41, 5.74) is 0. The normalized spacial score (nSPS) is 31.8. The van der Waals surface area contributed by atoms with Gasteiger partial charge in [0.2, 0.25) is 0 Å². The minimum Gasteiger partial charge on any atom is -0.348 e. The number of hydrogen-bond donors (Lipinski definition) is 1. The molecule has 0 amide bonds. The quantitative estimate of drug-likeness (QED) is 0.505. The topological polar surface area (TPSA) is 35.2 Å². The Morgan fingerprint density at radius 1 is 1.32 bits per heavy atom. The Balaban J connectivity index is 1.70. The second kappa shape index (κ2) is 7.75. The van der Waals surface area contributed by atoms with Crippen LogP contribution in [0.15, 0.2) is 25.0 Å². The van der Waals surface area contributed by atoms with E-state index < -0.39 is 0 Å². The average molecular weight is 367 g/mol. The maximum absolute atomic E-state index is 4.58. The van der Waals surface area contributed by atoms with Crippen molar-refractivity contribution in [2.45, 2.75) is 42.5 Å². The van der Waals surface area contributed by atoms with E-state index in [0.717, 1.165) is 19.6 Å². The van der Waals surface area contributed by atoms with Gasteiger partial charge in [-0.3, -0.25) is 9.80 Å². The lowest BCUT2D eigenvalue weighted by Crippen LogP contribution is -2.51. The number of nitrogens with zero attached hydrogens (tertiary/aromatic N) is 3. The number of alkyl halides is 1. The lowest BCUT2D eigenvalue weighted by Gasteiger charge is -2.41. The van der Waals surface area contributed by atoms with Crippen LogP contribution < -0.4 is 0 Å². The summed E-state index contributed by atoms with van der Waals surface area (Å²) in [4.78, 5) is 13.8. The lowest BCUT2D eigenvalue weighted by molar-refractivity contribution is 0.0851. The number of hydrogen-bond acceptors (Lipinski definition) is 3. The van der Waals surface area contributed by atoms with Crippen LogP contribution in [0, 0.1) is 0 Å². The number of nitrogens with one attached hydrogen (secondary N) is 1. The molecule has 3 unspecified atom stereocenters. The number of rotatable bonds is 4. The first-order valence-corrected chi connectivity index (χ1v) is 9.40. The van der Waals surface area contributed by atoms with Gasteiger partial charge in [0.25, 0.3) is 0 Å². The molecule has 1 aromatic rings. The van der Waals surface area contributed by atoms with E-state index in [1.54, 1.807) is 0 Å². The summed E-state index contributed by atoms with van der Waals surface area (Å²) in [7, 11) is 0. The molecule has 3 rings (SSSR count). The smallest absolute Gasteiger partial charge is 0.110 e. The Morgan fingerprint density at radius 3 is 2.82 bits per heavy atom. The molecule has 1 saturated heterocycles. The number of H-pyrrole nitrogens is 1. The first-order chi connectivity index (χ1) is 10.8. The van der Waals surface area contributed by atoms with Crippen molar-refractivity contribution >= 4 is 15.9 Å². The van der Waals surface area contributed by atoms with Crippen LogP contribution in [0.25, 0.3) is 0 Å². The summed E-state index contributed by atoms with van der Waals surface area (Å²) in [5, 5.41) is 0. The van der Waals surface area contributed by atoms with Gasteiger partial charge in [-0.1, -0.05) is 28.4 Å². The van der Waals surface area contributed by atoms with E-state index in [0.29, 0.717) is 16.8 Å². The molecule has 1 aromatic heterocycles. The standard InChI is InChI=1S/C17H27BrN4/c1-2-8-21-9-11-22(12-10-21)16-5-3-4-14(18)13-15(16)17-19-6-7-20-17/h2,6-7,14-16H,1,3-5,8-13H2,(H,19,20). The Labute approximate surface area is 142 Å². The van der Waals surface area contributed by atoms with Gasteiger partial charge in [0, 0.05) is 61.9 Å². The largest absolute Gasteiger partial charge is 0.348 e. The minimum atomic E-state index is 0.521. The van der Waals surface area contributed by atoms with Gasteiger partial charge in [0.05, 0.1) is 0 Å². The minimum absolute atomic E-state index is 0.521. The van der Waals surface area contributed by atoms with Crippen LogP contribution in [0.3, 0.4) is 0 Å². The number of imidazole rings is 1. The number of aromatic amines is 1. The van der Waals surface area contributed by atoms with Crippen molar-refractivity contribution < 1.29 is 0 Å². The fraction of sp³-hybridized carbons (Fsp3) is 0.706. The van der Waals surface area contributed by atoms with E-state index in [-0.39, 0.29) is 0 Å². The van der Waals surface area contributed by atoms with Crippen LogP contribution in [-0.2, 0) is 0 Å². The molecule has 0 radical (unpaired) electrons. The second-order valence-electron chi connectivity index (χ2n) is 6.54. The highest BCUT2D eigenvalue weighted by atomic mass is 79.9. The molecule has 0 spiro atoms. The third kappa shape index (κ3) is 3.81. The molecule has 0 bridgehead atoms. The third-order valence-electron chi connectivity index (χ3n) is 5.13. The van der Waals surface area contributed by atoms with Gasteiger partial charge in [0.15, 0.2) is 0 Å². The van der Waals surface area contributed by atoms with Crippen LogP contribution in [0.5, 0.6) is 0 Å². The van der Waals surface area contributed by atoms with Crippen molar-refractivity contribution in [1.29, 1.82) is 0 Å². The van der Waals surface area contributed by atoms with E-state index in [2.05, 4.69) is 42.3 Å². The summed E-state index contributed by atoms with van der Waals surface area (Å²) in [6.07, 6.45) is 10.9. The highest BCUT2D eigenvalue weighted by Crippen LogP contribution is 2.36. The zero-order chi connectivity index (χ0) is 15.4. The summed E-state index contributed by atoms with van der Waals surface area (Å²) in [5.74, 6) is 1.69. The summed E-state index contributed by atoms with van der Waals surface area (Å²) in [6, 6.07) is 0.625. The molecular weight excluding hydrogens is 340 g/mol. The molecule has 22 heavy (non-hydrogen) atoms. The van der Waals surface area contributed by atoms with Crippen LogP contribution >= 0.6 is 15.9 Å². The van der Waals surface area contributed by atoms with Crippen molar-refractivity contribution in [2.75, 3.05) is 32.7 Å². The van der Waals surface area contributed by atoms with Crippen molar-refractivity contribution in [3.8, 4) is 0 Å². The van der Waals surface area contributed by atoms with Gasteiger partial charge >= 0.3 is 0 Å². The van der Waals surface area contributed by atoms with Gasteiger partial charge < -0.3 is 4.98 Å². The van der Waals surface area contributed by atoms with E-state index in [1.807, 2.05) is 18.5 Å². The molecule has 4 nitrogen and oxygen atoms in total. The van der Waals surface area contributed by atoms with Gasteiger partial charge in [0.1, 0.15) is 5.82 Å². The van der Waals surface area contributed by atoms with Gasteiger partial charge in [-0.25, -0.2) is 4.98 Å². The maximum Gasteiger partial charge on any atom is 0.110 e. The van der Waals surface area contributed by atoms with Gasteiger partial charge in [-0.15, -0.1) is 6.58 Å². The number of aromatic nitrogens is 2. The molecule has 1 aliphatic carbocycles. The summed E-state index contributed by atoms with van der Waals surface area (Å²) < 4.78 is 0. The maximum atomic E-state index is 4.58. The Hall–Kier alpha value is -0.650. The molecule has 2 fully saturated rings. The molecule has 3 atom stereocenters. The Bertz CT molecular complexity index is 453. The Morgan fingerprint density at radius 2 is 2.14 bits per heavy atom. The van der Waals surface area contributed by atoms with Crippen molar-refractivity contribution in [3.63, 3.8) is 0 Å². The van der Waals surface area contributed by atoms with E-state index in [1.165, 1.54) is 44.6 Å². The van der Waals surface area contributed by atoms with Gasteiger partial charge in [-0.2, -0.15) is 0 Å². The summed E-state index contributed by atoms with van der Waals surface area (Å²) in [6.45, 7) is 9.53. The van der Waals surface area contributed by atoms with Gasteiger partial charge in [-0.05, 0) is 19.3 Å². The fourth-order valence-corrected chi connectivity index (χ4v) is 4.70. The SMILES string of the molecule is C=CCN1CCN(C2CCCC(Br)CC2c2ncc[nH]2)CC1. The first kappa shape index (κ1) is 16.2. The van der Waals surface area contributed by atoms with Crippen molar-refractivity contribution in [1.82, 2.24) is 19.8 Å². The second-order valence-corrected chi connectivity index (χ2v) is 7.83. The van der Waals surface area contributed by atoms with Crippen molar-refractivity contribution in [2.24, 2.45) is 0 Å². The van der Waals surface area contributed by atoms with E-state index in [4.69, 9.17) is 0 Å². The number of halogens is 1. The fourth-order valence-electron chi connectivity index (χ4n) is 3.97. The highest BCUT2D eigenvalue weighted by Gasteiger charge is 2.35. The van der Waals surface area contributed by atoms with Crippen LogP contribution in [-0.4, -0.2) is 63.4 Å². The highest BCUT2D eigenvalue weighted by molar-refractivity contribution is 9.09. The van der Waals surface area contributed by atoms with Crippen LogP contribution in [0.4, 0.5) is 0 Å². The molecule has 2 aliphatic rings. The Kier molecular flexibility index (Phi) is 5.71. The predicted molar refractivity (Wildman–Crippen MR) is 94.5 cm³/mol. The predicted octanol–water partition coefficient (Wildman–Crippen LogP) is 3.00. The summed E-state index contributed by atoms with van der Waals surface area (Å²) >= 11 is 3.87.